The summed E-state index contributed by atoms with van der Waals surface area (Å²) in [5, 5.41) is 2.81. The number of amides is 1. The minimum atomic E-state index is -3.63. The largest absolute Gasteiger partial charge is 0.370 e. The summed E-state index contributed by atoms with van der Waals surface area (Å²) in [5.41, 5.74) is 11.1. The Morgan fingerprint density at radius 2 is 2.00 bits per heavy atom. The van der Waals surface area contributed by atoms with Crippen LogP contribution in [0.15, 0.2) is 27.2 Å². The molecule has 0 saturated carbocycles. The van der Waals surface area contributed by atoms with Crippen LogP contribution in [0.5, 0.6) is 0 Å². The molecule has 1 amide bonds. The van der Waals surface area contributed by atoms with Crippen molar-refractivity contribution in [1.29, 1.82) is 0 Å². The van der Waals surface area contributed by atoms with E-state index < -0.39 is 27.7 Å². The zero-order chi connectivity index (χ0) is 15.1. The third-order valence-corrected chi connectivity index (χ3v) is 4.79. The molecule has 9 heteroatoms. The van der Waals surface area contributed by atoms with Crippen molar-refractivity contribution in [2.45, 2.75) is 17.9 Å². The van der Waals surface area contributed by atoms with Gasteiger partial charge in [-0.25, -0.2) is 8.42 Å². The van der Waals surface area contributed by atoms with E-state index in [4.69, 9.17) is 11.5 Å². The van der Waals surface area contributed by atoms with Crippen LogP contribution in [0.1, 0.15) is 27.5 Å². The molecule has 0 fully saturated rings. The van der Waals surface area contributed by atoms with Gasteiger partial charge in [-0.3, -0.25) is 4.79 Å². The molecule has 1 aliphatic heterocycles. The smallest absolute Gasteiger partial charge is 0.280 e. The third-order valence-electron chi connectivity index (χ3n) is 3.02. The SMILES string of the molecule is Cc1cc2c(cc1C(=O)N=C(N)N)S(=O)(=O)CC2N=O. The Balaban J connectivity index is 2.65. The predicted molar refractivity (Wildman–Crippen MR) is 71.9 cm³/mol. The van der Waals surface area contributed by atoms with Gasteiger partial charge >= 0.3 is 0 Å². The Morgan fingerprint density at radius 1 is 1.35 bits per heavy atom. The Bertz CT molecular complexity index is 735. The van der Waals surface area contributed by atoms with E-state index in [-0.39, 0.29) is 16.2 Å². The maximum Gasteiger partial charge on any atom is 0.280 e. The van der Waals surface area contributed by atoms with Crippen LogP contribution >= 0.6 is 0 Å². The summed E-state index contributed by atoms with van der Waals surface area (Å²) in [6, 6.07) is 1.71. The van der Waals surface area contributed by atoms with Gasteiger partial charge in [-0.1, -0.05) is 11.2 Å². The molecule has 1 heterocycles. The number of nitrogens with two attached hydrogens (primary N) is 2. The molecule has 1 aromatic carbocycles. The number of fused-ring (bicyclic) bond motifs is 1. The summed E-state index contributed by atoms with van der Waals surface area (Å²) in [6.07, 6.45) is 0. The highest BCUT2D eigenvalue weighted by Gasteiger charge is 2.36. The fourth-order valence-corrected chi connectivity index (χ4v) is 3.81. The van der Waals surface area contributed by atoms with E-state index in [1.807, 2.05) is 0 Å². The van der Waals surface area contributed by atoms with Crippen LogP contribution in [-0.2, 0) is 9.84 Å². The van der Waals surface area contributed by atoms with Crippen molar-refractivity contribution in [2.24, 2.45) is 21.6 Å². The van der Waals surface area contributed by atoms with E-state index in [2.05, 4.69) is 10.2 Å². The van der Waals surface area contributed by atoms with Crippen LogP contribution < -0.4 is 11.5 Å². The lowest BCUT2D eigenvalue weighted by molar-refractivity contribution is 0.100. The number of benzene rings is 1. The zero-order valence-electron chi connectivity index (χ0n) is 10.5. The van der Waals surface area contributed by atoms with Gasteiger partial charge in [-0.05, 0) is 18.6 Å². The van der Waals surface area contributed by atoms with E-state index in [0.29, 0.717) is 11.1 Å². The number of carbonyl (C=O) groups is 1. The van der Waals surface area contributed by atoms with E-state index in [9.17, 15) is 18.1 Å². The Kier molecular flexibility index (Phi) is 3.30. The monoisotopic (exact) mass is 296 g/mol. The van der Waals surface area contributed by atoms with Crippen molar-refractivity contribution >= 4 is 21.7 Å². The molecule has 8 nitrogen and oxygen atoms in total. The summed E-state index contributed by atoms with van der Waals surface area (Å²) in [4.78, 5) is 25.8. The normalized spacial score (nSPS) is 19.1. The lowest BCUT2D eigenvalue weighted by Gasteiger charge is -2.06. The molecule has 0 saturated heterocycles. The van der Waals surface area contributed by atoms with Crippen molar-refractivity contribution in [3.05, 3.63) is 33.7 Å². The first kappa shape index (κ1) is 14.1. The van der Waals surface area contributed by atoms with E-state index in [1.165, 1.54) is 12.1 Å². The number of nitroso groups, excluding NO2 is 1. The molecule has 0 aliphatic carbocycles. The first-order chi connectivity index (χ1) is 9.26. The molecule has 0 radical (unpaired) electrons. The Labute approximate surface area is 114 Å². The fourth-order valence-electron chi connectivity index (χ4n) is 2.12. The molecule has 20 heavy (non-hydrogen) atoms. The lowest BCUT2D eigenvalue weighted by Crippen LogP contribution is -2.24. The van der Waals surface area contributed by atoms with Gasteiger partial charge in [-0.2, -0.15) is 9.90 Å². The second-order valence-corrected chi connectivity index (χ2v) is 6.45. The topological polar surface area (TPSA) is 145 Å². The molecule has 1 aromatic rings. The first-order valence-electron chi connectivity index (χ1n) is 5.60. The molecule has 106 valence electrons. The average molecular weight is 296 g/mol. The number of aliphatic imine (C=N–C) groups is 1. The highest BCUT2D eigenvalue weighted by atomic mass is 32.2. The second kappa shape index (κ2) is 4.67. The minimum Gasteiger partial charge on any atom is -0.370 e. The quantitative estimate of drug-likeness (QED) is 0.446. The van der Waals surface area contributed by atoms with Crippen molar-refractivity contribution in [3.63, 3.8) is 0 Å². The summed E-state index contributed by atoms with van der Waals surface area (Å²) >= 11 is 0. The average Bonchev–Trinajstić information content (AvgIpc) is 2.58. The van der Waals surface area contributed by atoms with Crippen molar-refractivity contribution < 1.29 is 13.2 Å². The van der Waals surface area contributed by atoms with Crippen LogP contribution in [0.3, 0.4) is 0 Å². The number of guanidine groups is 1. The maximum atomic E-state index is 11.9. The van der Waals surface area contributed by atoms with E-state index >= 15 is 0 Å². The molecule has 1 unspecified atom stereocenters. The highest BCUT2D eigenvalue weighted by Crippen LogP contribution is 2.37. The van der Waals surface area contributed by atoms with Gasteiger partial charge in [-0.15, -0.1) is 0 Å². The maximum absolute atomic E-state index is 11.9. The highest BCUT2D eigenvalue weighted by molar-refractivity contribution is 7.91. The number of hydrogen-bond donors (Lipinski definition) is 2. The van der Waals surface area contributed by atoms with Crippen LogP contribution in [0.2, 0.25) is 0 Å². The lowest BCUT2D eigenvalue weighted by atomic mass is 10.0. The van der Waals surface area contributed by atoms with Gasteiger partial charge in [0.2, 0.25) is 0 Å². The number of sulfone groups is 1. The van der Waals surface area contributed by atoms with Gasteiger partial charge in [0.15, 0.2) is 15.8 Å². The molecule has 1 aliphatic rings. The first-order valence-corrected chi connectivity index (χ1v) is 7.25. The number of hydrogen-bond acceptors (Lipinski definition) is 5. The summed E-state index contributed by atoms with van der Waals surface area (Å²) in [6.45, 7) is 1.60. The van der Waals surface area contributed by atoms with Gasteiger partial charge in [0.05, 0.1) is 10.6 Å². The van der Waals surface area contributed by atoms with Gasteiger partial charge < -0.3 is 11.5 Å². The zero-order valence-corrected chi connectivity index (χ0v) is 11.3. The number of carbonyl (C=O) groups excluding carboxylic acids is 1. The fraction of sp³-hybridized carbons (Fsp3) is 0.273. The van der Waals surface area contributed by atoms with Crippen LogP contribution in [-0.4, -0.2) is 26.0 Å². The van der Waals surface area contributed by atoms with Gasteiger partial charge in [0.1, 0.15) is 6.04 Å². The molecule has 4 N–H and O–H groups in total. The van der Waals surface area contributed by atoms with Gasteiger partial charge in [0.25, 0.3) is 5.91 Å². The van der Waals surface area contributed by atoms with Crippen molar-refractivity contribution in [3.8, 4) is 0 Å². The number of nitrogens with zero attached hydrogens (tertiary/aromatic N) is 2. The summed E-state index contributed by atoms with van der Waals surface area (Å²) in [5.74, 6) is -1.53. The molecule has 2 rings (SSSR count). The Hall–Kier alpha value is -2.29. The number of rotatable bonds is 2. The molecule has 1 atom stereocenters. The van der Waals surface area contributed by atoms with Crippen molar-refractivity contribution in [1.82, 2.24) is 0 Å². The summed E-state index contributed by atoms with van der Waals surface area (Å²) < 4.78 is 23.9. The molecular formula is C11H12N4O4S. The van der Waals surface area contributed by atoms with E-state index in [1.54, 1.807) is 6.92 Å². The second-order valence-electron chi connectivity index (χ2n) is 4.45. The van der Waals surface area contributed by atoms with Gasteiger partial charge in [0, 0.05) is 11.1 Å². The number of aryl methyl sites for hydroxylation is 1. The van der Waals surface area contributed by atoms with Crippen molar-refractivity contribution in [2.75, 3.05) is 5.75 Å². The van der Waals surface area contributed by atoms with Crippen LogP contribution in [0, 0.1) is 11.8 Å². The molecular weight excluding hydrogens is 284 g/mol. The molecule has 0 spiro atoms. The minimum absolute atomic E-state index is 0.0677. The van der Waals surface area contributed by atoms with Crippen LogP contribution in [0.4, 0.5) is 0 Å². The standard InChI is InChI=1S/C11H12N4O4S/c1-5-2-7-8(15-17)4-20(18,19)9(7)3-6(5)10(16)14-11(12)13/h2-3,8H,4H2,1H3,(H4,12,13,14,16). The molecule has 0 bridgehead atoms. The Morgan fingerprint density at radius 3 is 2.55 bits per heavy atom. The predicted octanol–water partition coefficient (Wildman–Crippen LogP) is 0.00342. The summed E-state index contributed by atoms with van der Waals surface area (Å²) in [7, 11) is -3.63. The molecule has 0 aromatic heterocycles. The van der Waals surface area contributed by atoms with Crippen LogP contribution in [0.25, 0.3) is 0 Å². The van der Waals surface area contributed by atoms with E-state index in [0.717, 1.165) is 0 Å². The third kappa shape index (κ3) is 2.27.